The second kappa shape index (κ2) is 4.98. The molecule has 0 aromatic heterocycles. The van der Waals surface area contributed by atoms with Gasteiger partial charge in [0.1, 0.15) is 0 Å². The number of hydrogen-bond donors (Lipinski definition) is 0. The van der Waals surface area contributed by atoms with Crippen LogP contribution in [-0.2, 0) is 0 Å². The first-order chi connectivity index (χ1) is 6.62. The average molecular weight is 230 g/mol. The molecule has 0 amide bonds. The summed E-state index contributed by atoms with van der Waals surface area (Å²) >= 11 is 0. The van der Waals surface area contributed by atoms with E-state index in [4.69, 9.17) is 0 Å². The summed E-state index contributed by atoms with van der Waals surface area (Å²) in [6, 6.07) is 0. The molecule has 0 radical (unpaired) electrons. The molecule has 0 fully saturated rings. The van der Waals surface area contributed by atoms with Crippen molar-refractivity contribution in [1.82, 2.24) is 9.80 Å². The standard InChI is InChI=1S/C12H30N2Si/c1-9-10(2)12(13(5)6,14(7)8)11(3,4)15/h10H,9H2,1-8,15H3. The molecule has 0 saturated heterocycles. The molecule has 15 heavy (non-hydrogen) atoms. The third-order valence-electron chi connectivity index (χ3n) is 3.77. The minimum Gasteiger partial charge on any atom is -0.291 e. The topological polar surface area (TPSA) is 6.48 Å². The Bertz CT molecular complexity index is 186. The van der Waals surface area contributed by atoms with E-state index in [2.05, 4.69) is 65.7 Å². The molecule has 0 aromatic rings. The number of hydrogen-bond acceptors (Lipinski definition) is 2. The van der Waals surface area contributed by atoms with E-state index in [0.717, 1.165) is 0 Å². The lowest BCUT2D eigenvalue weighted by Crippen LogP contribution is -2.65. The van der Waals surface area contributed by atoms with E-state index in [1.807, 2.05) is 0 Å². The van der Waals surface area contributed by atoms with E-state index < -0.39 is 0 Å². The third-order valence-corrected chi connectivity index (χ3v) is 4.50. The fraction of sp³-hybridized carbons (Fsp3) is 1.00. The molecular formula is C12H30N2Si. The van der Waals surface area contributed by atoms with Crippen molar-refractivity contribution in [3.8, 4) is 0 Å². The number of nitrogens with zero attached hydrogens (tertiary/aromatic N) is 2. The van der Waals surface area contributed by atoms with Gasteiger partial charge in [0, 0.05) is 10.2 Å². The molecule has 1 atom stereocenters. The Balaban J connectivity index is 5.49. The molecule has 0 N–H and O–H groups in total. The van der Waals surface area contributed by atoms with Gasteiger partial charge in [-0.2, -0.15) is 0 Å². The first-order valence-electron chi connectivity index (χ1n) is 5.97. The molecule has 0 saturated carbocycles. The van der Waals surface area contributed by atoms with E-state index in [0.29, 0.717) is 11.0 Å². The highest BCUT2D eigenvalue weighted by molar-refractivity contribution is 6.15. The van der Waals surface area contributed by atoms with Crippen molar-refractivity contribution in [2.75, 3.05) is 28.2 Å². The molecule has 92 valence electrons. The van der Waals surface area contributed by atoms with Gasteiger partial charge < -0.3 is 0 Å². The van der Waals surface area contributed by atoms with Crippen LogP contribution in [0.5, 0.6) is 0 Å². The van der Waals surface area contributed by atoms with E-state index in [9.17, 15) is 0 Å². The maximum atomic E-state index is 2.41. The summed E-state index contributed by atoms with van der Waals surface area (Å²) in [7, 11) is 10.1. The Hall–Kier alpha value is 0.137. The molecule has 0 aliphatic heterocycles. The largest absolute Gasteiger partial charge is 0.291 e. The first kappa shape index (κ1) is 15.1. The molecule has 0 spiro atoms. The van der Waals surface area contributed by atoms with Crippen LogP contribution in [0.4, 0.5) is 0 Å². The normalized spacial score (nSPS) is 16.4. The summed E-state index contributed by atoms with van der Waals surface area (Å²) in [4.78, 5) is 4.82. The summed E-state index contributed by atoms with van der Waals surface area (Å²) in [5.41, 5.74) is 0.175. The van der Waals surface area contributed by atoms with Crippen LogP contribution < -0.4 is 0 Å². The summed E-state index contributed by atoms with van der Waals surface area (Å²) in [6.07, 6.45) is 1.22. The van der Waals surface area contributed by atoms with E-state index >= 15 is 0 Å². The Labute approximate surface area is 99.4 Å². The molecule has 0 rings (SSSR count). The van der Waals surface area contributed by atoms with Gasteiger partial charge in [-0.05, 0) is 39.1 Å². The third kappa shape index (κ3) is 2.45. The van der Waals surface area contributed by atoms with E-state index in [1.165, 1.54) is 16.7 Å². The Morgan fingerprint density at radius 2 is 1.40 bits per heavy atom. The monoisotopic (exact) mass is 230 g/mol. The molecule has 0 heterocycles. The molecule has 0 bridgehead atoms. The fourth-order valence-corrected chi connectivity index (χ4v) is 5.03. The zero-order valence-corrected chi connectivity index (χ0v) is 14.2. The molecule has 0 aliphatic carbocycles. The van der Waals surface area contributed by atoms with Crippen molar-refractivity contribution in [2.45, 2.75) is 44.8 Å². The van der Waals surface area contributed by atoms with Crippen molar-refractivity contribution in [3.63, 3.8) is 0 Å². The van der Waals surface area contributed by atoms with Crippen molar-refractivity contribution in [2.24, 2.45) is 5.92 Å². The van der Waals surface area contributed by atoms with Gasteiger partial charge in [-0.25, -0.2) is 0 Å². The quantitative estimate of drug-likeness (QED) is 0.521. The van der Waals surface area contributed by atoms with Crippen LogP contribution in [-0.4, -0.2) is 53.9 Å². The molecule has 3 heteroatoms. The molecule has 0 aromatic carbocycles. The Morgan fingerprint density at radius 3 is 1.47 bits per heavy atom. The predicted molar refractivity (Wildman–Crippen MR) is 73.5 cm³/mol. The maximum Gasteiger partial charge on any atom is 0.0772 e. The predicted octanol–water partition coefficient (Wildman–Crippen LogP) is 1.42. The van der Waals surface area contributed by atoms with Gasteiger partial charge >= 0.3 is 0 Å². The number of rotatable bonds is 5. The van der Waals surface area contributed by atoms with Gasteiger partial charge in [-0.1, -0.05) is 34.1 Å². The van der Waals surface area contributed by atoms with Crippen molar-refractivity contribution in [3.05, 3.63) is 0 Å². The van der Waals surface area contributed by atoms with Gasteiger partial charge in [0.05, 0.1) is 5.66 Å². The maximum absolute atomic E-state index is 2.41. The Morgan fingerprint density at radius 1 is 1.07 bits per heavy atom. The van der Waals surface area contributed by atoms with E-state index in [-0.39, 0.29) is 5.66 Å². The van der Waals surface area contributed by atoms with Crippen LogP contribution in [0.15, 0.2) is 0 Å². The lowest BCUT2D eigenvalue weighted by molar-refractivity contribution is -0.0740. The summed E-state index contributed by atoms with van der Waals surface area (Å²) in [5.74, 6) is 0.676. The second-order valence-corrected chi connectivity index (χ2v) is 8.57. The highest BCUT2D eigenvalue weighted by Crippen LogP contribution is 2.46. The molecule has 1 unspecified atom stereocenters. The van der Waals surface area contributed by atoms with Crippen LogP contribution in [0.25, 0.3) is 0 Å². The van der Waals surface area contributed by atoms with Crippen molar-refractivity contribution < 1.29 is 0 Å². The van der Waals surface area contributed by atoms with Crippen LogP contribution in [0, 0.1) is 5.92 Å². The zero-order chi connectivity index (χ0) is 12.4. The molecule has 0 aliphatic rings. The van der Waals surface area contributed by atoms with Gasteiger partial charge in [-0.3, -0.25) is 9.80 Å². The van der Waals surface area contributed by atoms with Crippen LogP contribution in [0.3, 0.4) is 0 Å². The first-order valence-corrected chi connectivity index (χ1v) is 6.97. The van der Waals surface area contributed by atoms with Crippen molar-refractivity contribution in [1.29, 1.82) is 0 Å². The fourth-order valence-electron chi connectivity index (χ4n) is 3.65. The second-order valence-electron chi connectivity index (χ2n) is 6.07. The van der Waals surface area contributed by atoms with E-state index in [1.54, 1.807) is 0 Å². The molecular weight excluding hydrogens is 200 g/mol. The summed E-state index contributed by atoms with van der Waals surface area (Å²) < 4.78 is 0. The minimum absolute atomic E-state index is 0.175. The van der Waals surface area contributed by atoms with Crippen LogP contribution in [0.2, 0.25) is 5.04 Å². The van der Waals surface area contributed by atoms with Gasteiger partial charge in [0.25, 0.3) is 0 Å². The average Bonchev–Trinajstić information content (AvgIpc) is 2.00. The highest BCUT2D eigenvalue weighted by atomic mass is 28.1. The van der Waals surface area contributed by atoms with Crippen LogP contribution >= 0.6 is 0 Å². The van der Waals surface area contributed by atoms with Crippen LogP contribution in [0.1, 0.15) is 34.1 Å². The van der Waals surface area contributed by atoms with Gasteiger partial charge in [0.15, 0.2) is 0 Å². The zero-order valence-electron chi connectivity index (χ0n) is 12.2. The highest BCUT2D eigenvalue weighted by Gasteiger charge is 2.48. The minimum atomic E-state index is 0.175. The summed E-state index contributed by atoms with van der Waals surface area (Å²) in [6.45, 7) is 9.45. The lowest BCUT2D eigenvalue weighted by atomic mass is 9.79. The SMILES string of the molecule is CCC(C)C(N(C)C)(N(C)C)C(C)(C)[SiH3]. The van der Waals surface area contributed by atoms with Gasteiger partial charge in [0.2, 0.25) is 0 Å². The van der Waals surface area contributed by atoms with Gasteiger partial charge in [-0.15, -0.1) is 0 Å². The lowest BCUT2D eigenvalue weighted by Gasteiger charge is -2.57. The molecule has 2 nitrogen and oxygen atoms in total. The Kier molecular flexibility index (Phi) is 5.02. The van der Waals surface area contributed by atoms with Crippen molar-refractivity contribution >= 4 is 10.2 Å². The summed E-state index contributed by atoms with van der Waals surface area (Å²) in [5, 5.41) is 0.370. The smallest absolute Gasteiger partial charge is 0.0772 e.